The van der Waals surface area contributed by atoms with Crippen molar-refractivity contribution in [2.24, 2.45) is 0 Å². The summed E-state index contributed by atoms with van der Waals surface area (Å²) >= 11 is 0. The zero-order valence-electron chi connectivity index (χ0n) is 12.7. The van der Waals surface area contributed by atoms with Crippen LogP contribution >= 0.6 is 0 Å². The van der Waals surface area contributed by atoms with Crippen molar-refractivity contribution in [1.29, 1.82) is 0 Å². The molecule has 23 heavy (non-hydrogen) atoms. The standard InChI is InChI=1S/C17H17N5O/c1-2-14(13-8-4-3-5-9-13)18-20-17(23)12-22-16-11-7-6-10-15(16)19-21-22/h2-11,18H,12H2,1H3,(H,20,23). The molecule has 1 heterocycles. The molecular weight excluding hydrogens is 290 g/mol. The lowest BCUT2D eigenvalue weighted by atomic mass is 10.1. The van der Waals surface area contributed by atoms with Crippen molar-refractivity contribution in [1.82, 2.24) is 25.8 Å². The van der Waals surface area contributed by atoms with E-state index in [4.69, 9.17) is 0 Å². The molecule has 3 rings (SSSR count). The lowest BCUT2D eigenvalue weighted by Gasteiger charge is -2.12. The van der Waals surface area contributed by atoms with E-state index in [1.807, 2.05) is 67.6 Å². The van der Waals surface area contributed by atoms with Crippen LogP contribution in [0.2, 0.25) is 0 Å². The molecule has 0 saturated carbocycles. The zero-order chi connectivity index (χ0) is 16.1. The van der Waals surface area contributed by atoms with Crippen LogP contribution in [0.4, 0.5) is 0 Å². The molecule has 0 unspecified atom stereocenters. The quantitative estimate of drug-likeness (QED) is 0.708. The number of nitrogens with zero attached hydrogens (tertiary/aromatic N) is 3. The van der Waals surface area contributed by atoms with Gasteiger partial charge in [0, 0.05) is 0 Å². The van der Waals surface area contributed by atoms with Crippen LogP contribution in [0, 0.1) is 0 Å². The van der Waals surface area contributed by atoms with Gasteiger partial charge in [0.2, 0.25) is 0 Å². The molecule has 6 nitrogen and oxygen atoms in total. The van der Waals surface area contributed by atoms with E-state index in [0.717, 1.165) is 22.3 Å². The van der Waals surface area contributed by atoms with Gasteiger partial charge in [-0.2, -0.15) is 0 Å². The van der Waals surface area contributed by atoms with Crippen molar-refractivity contribution in [2.75, 3.05) is 0 Å². The maximum Gasteiger partial charge on any atom is 0.260 e. The Morgan fingerprint density at radius 3 is 2.61 bits per heavy atom. The molecule has 0 atom stereocenters. The first-order valence-electron chi connectivity index (χ1n) is 7.33. The highest BCUT2D eigenvalue weighted by molar-refractivity contribution is 5.80. The van der Waals surface area contributed by atoms with E-state index in [-0.39, 0.29) is 12.5 Å². The van der Waals surface area contributed by atoms with Gasteiger partial charge >= 0.3 is 0 Å². The van der Waals surface area contributed by atoms with E-state index in [0.29, 0.717) is 0 Å². The van der Waals surface area contributed by atoms with Crippen molar-refractivity contribution in [2.45, 2.75) is 13.5 Å². The fourth-order valence-electron chi connectivity index (χ4n) is 2.28. The van der Waals surface area contributed by atoms with Crippen molar-refractivity contribution in [3.63, 3.8) is 0 Å². The lowest BCUT2D eigenvalue weighted by Crippen LogP contribution is -2.38. The molecule has 2 aromatic carbocycles. The highest BCUT2D eigenvalue weighted by atomic mass is 16.2. The maximum absolute atomic E-state index is 12.1. The number of hydrazine groups is 1. The summed E-state index contributed by atoms with van der Waals surface area (Å²) in [5.41, 5.74) is 9.07. The predicted molar refractivity (Wildman–Crippen MR) is 88.9 cm³/mol. The van der Waals surface area contributed by atoms with Crippen LogP contribution in [0.25, 0.3) is 16.7 Å². The number of amides is 1. The first kappa shape index (κ1) is 14.8. The van der Waals surface area contributed by atoms with Crippen molar-refractivity contribution >= 4 is 22.6 Å². The summed E-state index contributed by atoms with van der Waals surface area (Å²) in [5, 5.41) is 8.04. The number of para-hydroxylation sites is 1. The topological polar surface area (TPSA) is 71.8 Å². The predicted octanol–water partition coefficient (Wildman–Crippen LogP) is 2.11. The Morgan fingerprint density at radius 1 is 1.09 bits per heavy atom. The molecule has 6 heteroatoms. The van der Waals surface area contributed by atoms with Crippen LogP contribution < -0.4 is 10.9 Å². The van der Waals surface area contributed by atoms with Gasteiger partial charge < -0.3 is 0 Å². The number of rotatable bonds is 5. The summed E-state index contributed by atoms with van der Waals surface area (Å²) in [6.45, 7) is 2.01. The largest absolute Gasteiger partial charge is 0.298 e. The summed E-state index contributed by atoms with van der Waals surface area (Å²) in [7, 11) is 0. The first-order chi connectivity index (χ1) is 11.3. The highest BCUT2D eigenvalue weighted by Gasteiger charge is 2.08. The number of benzene rings is 2. The Bertz CT molecular complexity index is 838. The van der Waals surface area contributed by atoms with Crippen LogP contribution in [0.3, 0.4) is 0 Å². The molecule has 0 fully saturated rings. The van der Waals surface area contributed by atoms with E-state index in [1.54, 1.807) is 4.68 Å². The van der Waals surface area contributed by atoms with Crippen molar-refractivity contribution < 1.29 is 4.79 Å². The molecule has 0 radical (unpaired) electrons. The molecule has 0 aliphatic carbocycles. The molecule has 1 aromatic heterocycles. The SMILES string of the molecule is CC=C(NNC(=O)Cn1nnc2ccccc21)c1ccccc1. The second-order valence-electron chi connectivity index (χ2n) is 4.98. The number of carbonyl (C=O) groups is 1. The van der Waals surface area contributed by atoms with E-state index in [2.05, 4.69) is 21.2 Å². The number of hydrogen-bond acceptors (Lipinski definition) is 4. The van der Waals surface area contributed by atoms with Gasteiger partial charge in [-0.1, -0.05) is 53.8 Å². The molecule has 0 bridgehead atoms. The van der Waals surface area contributed by atoms with Gasteiger partial charge in [0.15, 0.2) is 0 Å². The van der Waals surface area contributed by atoms with E-state index in [1.165, 1.54) is 0 Å². The minimum atomic E-state index is -0.198. The number of nitrogens with one attached hydrogen (secondary N) is 2. The van der Waals surface area contributed by atoms with E-state index in [9.17, 15) is 4.79 Å². The maximum atomic E-state index is 12.1. The average molecular weight is 307 g/mol. The highest BCUT2D eigenvalue weighted by Crippen LogP contribution is 2.10. The zero-order valence-corrected chi connectivity index (χ0v) is 12.7. The summed E-state index contributed by atoms with van der Waals surface area (Å²) in [4.78, 5) is 12.1. The van der Waals surface area contributed by atoms with Crippen LogP contribution in [0.5, 0.6) is 0 Å². The molecular formula is C17H17N5O. The number of allylic oxidation sites excluding steroid dienone is 1. The van der Waals surface area contributed by atoms with Crippen LogP contribution in [0.15, 0.2) is 60.7 Å². The van der Waals surface area contributed by atoms with Crippen LogP contribution in [0.1, 0.15) is 12.5 Å². The first-order valence-corrected chi connectivity index (χ1v) is 7.33. The smallest absolute Gasteiger partial charge is 0.260 e. The van der Waals surface area contributed by atoms with E-state index >= 15 is 0 Å². The van der Waals surface area contributed by atoms with Gasteiger partial charge in [-0.25, -0.2) is 4.68 Å². The summed E-state index contributed by atoms with van der Waals surface area (Å²) in [6.07, 6.45) is 1.90. The molecule has 3 aromatic rings. The average Bonchev–Trinajstić information content (AvgIpc) is 2.99. The summed E-state index contributed by atoms with van der Waals surface area (Å²) in [5.74, 6) is -0.198. The third-order valence-electron chi connectivity index (χ3n) is 3.42. The fourth-order valence-corrected chi connectivity index (χ4v) is 2.28. The second kappa shape index (κ2) is 6.74. The molecule has 1 amide bonds. The number of aromatic nitrogens is 3. The van der Waals surface area contributed by atoms with Gasteiger partial charge in [0.05, 0.1) is 11.2 Å². The molecule has 2 N–H and O–H groups in total. The van der Waals surface area contributed by atoms with Gasteiger partial charge in [-0.05, 0) is 24.6 Å². The minimum absolute atomic E-state index is 0.0965. The fraction of sp³-hybridized carbons (Fsp3) is 0.118. The van der Waals surface area contributed by atoms with Crippen LogP contribution in [-0.2, 0) is 11.3 Å². The van der Waals surface area contributed by atoms with Gasteiger partial charge in [0.25, 0.3) is 5.91 Å². The van der Waals surface area contributed by atoms with Crippen molar-refractivity contribution in [3.8, 4) is 0 Å². The molecule has 0 aliphatic heterocycles. The lowest BCUT2D eigenvalue weighted by molar-refractivity contribution is -0.122. The Balaban J connectivity index is 1.63. The molecule has 0 aliphatic rings. The Kier molecular flexibility index (Phi) is 4.33. The Morgan fingerprint density at radius 2 is 1.83 bits per heavy atom. The number of hydrogen-bond donors (Lipinski definition) is 2. The van der Waals surface area contributed by atoms with E-state index < -0.39 is 0 Å². The molecule has 116 valence electrons. The van der Waals surface area contributed by atoms with Gasteiger partial charge in [-0.15, -0.1) is 5.10 Å². The van der Waals surface area contributed by atoms with Gasteiger partial charge in [0.1, 0.15) is 12.1 Å². The Labute approximate surface area is 133 Å². The minimum Gasteiger partial charge on any atom is -0.298 e. The van der Waals surface area contributed by atoms with Crippen molar-refractivity contribution in [3.05, 3.63) is 66.2 Å². The number of fused-ring (bicyclic) bond motifs is 1. The van der Waals surface area contributed by atoms with Gasteiger partial charge in [-0.3, -0.25) is 15.6 Å². The molecule has 0 spiro atoms. The number of carbonyl (C=O) groups excluding carboxylic acids is 1. The third-order valence-corrected chi connectivity index (χ3v) is 3.42. The second-order valence-corrected chi connectivity index (χ2v) is 4.98. The Hall–Kier alpha value is -3.15. The molecule has 0 saturated heterocycles. The van der Waals surface area contributed by atoms with Crippen LogP contribution in [-0.4, -0.2) is 20.9 Å². The summed E-state index contributed by atoms with van der Waals surface area (Å²) < 4.78 is 1.57. The monoisotopic (exact) mass is 307 g/mol. The normalized spacial score (nSPS) is 11.4. The summed E-state index contributed by atoms with van der Waals surface area (Å²) in [6, 6.07) is 17.3. The third kappa shape index (κ3) is 3.37.